The highest BCUT2D eigenvalue weighted by atomic mass is 35.5. The Labute approximate surface area is 172 Å². The lowest BCUT2D eigenvalue weighted by atomic mass is 9.78. The van der Waals surface area contributed by atoms with E-state index in [0.717, 1.165) is 5.56 Å². The molecule has 2 aromatic carbocycles. The first-order valence-corrected chi connectivity index (χ1v) is 10.0. The molecule has 2 fully saturated rings. The molecule has 0 radical (unpaired) electrons. The van der Waals surface area contributed by atoms with Gasteiger partial charge in [0, 0.05) is 5.56 Å². The molecule has 0 N–H and O–H groups in total. The van der Waals surface area contributed by atoms with Crippen LogP contribution >= 0.6 is 23.2 Å². The predicted octanol–water partition coefficient (Wildman–Crippen LogP) is 5.54. The van der Waals surface area contributed by atoms with E-state index in [9.17, 15) is 14.0 Å². The standard InChI is InChI=1S/C22H19Cl2FO3/c1-3-11-10-12(14-6-7-15(23)19(25)18(14)24)4-5-13(11)17-20(26)16-8-9-22(2,28-16)21(17)27/h4-7,10,16-17H,3,8-9H2,1-2H3/t16-,17?,22+/m0/s1. The molecule has 2 heterocycles. The Kier molecular flexibility index (Phi) is 4.85. The molecule has 6 heteroatoms. The van der Waals surface area contributed by atoms with Gasteiger partial charge in [0.1, 0.15) is 17.6 Å². The Bertz CT molecular complexity index is 1000. The summed E-state index contributed by atoms with van der Waals surface area (Å²) in [5.41, 5.74) is 1.90. The van der Waals surface area contributed by atoms with E-state index in [2.05, 4.69) is 0 Å². The van der Waals surface area contributed by atoms with Gasteiger partial charge in [0.2, 0.25) is 0 Å². The number of carbonyl (C=O) groups is 2. The highest BCUT2D eigenvalue weighted by Crippen LogP contribution is 2.44. The van der Waals surface area contributed by atoms with Crippen molar-refractivity contribution in [1.29, 1.82) is 0 Å². The second-order valence-corrected chi connectivity index (χ2v) is 8.35. The van der Waals surface area contributed by atoms with Crippen LogP contribution in [0.4, 0.5) is 4.39 Å². The second kappa shape index (κ2) is 6.94. The van der Waals surface area contributed by atoms with Crippen molar-refractivity contribution in [2.75, 3.05) is 0 Å². The zero-order valence-electron chi connectivity index (χ0n) is 15.5. The van der Waals surface area contributed by atoms with Crippen molar-refractivity contribution in [3.63, 3.8) is 0 Å². The molecule has 146 valence electrons. The fourth-order valence-electron chi connectivity index (χ4n) is 4.24. The summed E-state index contributed by atoms with van der Waals surface area (Å²) in [6, 6.07) is 8.54. The molecular weight excluding hydrogens is 402 g/mol. The van der Waals surface area contributed by atoms with Crippen LogP contribution in [0.2, 0.25) is 10.0 Å². The molecule has 0 aromatic heterocycles. The molecule has 0 saturated carbocycles. The van der Waals surface area contributed by atoms with E-state index in [-0.39, 0.29) is 21.6 Å². The molecule has 2 bridgehead atoms. The van der Waals surface area contributed by atoms with Gasteiger partial charge in [-0.2, -0.15) is 0 Å². The van der Waals surface area contributed by atoms with Crippen LogP contribution in [0.1, 0.15) is 43.7 Å². The van der Waals surface area contributed by atoms with E-state index < -0.39 is 23.4 Å². The van der Waals surface area contributed by atoms with Gasteiger partial charge in [0.15, 0.2) is 17.4 Å². The molecule has 2 aliphatic heterocycles. The molecule has 2 saturated heterocycles. The van der Waals surface area contributed by atoms with E-state index >= 15 is 0 Å². The van der Waals surface area contributed by atoms with Gasteiger partial charge in [0.25, 0.3) is 0 Å². The lowest BCUT2D eigenvalue weighted by Crippen LogP contribution is -2.49. The van der Waals surface area contributed by atoms with Crippen LogP contribution in [0.25, 0.3) is 11.1 Å². The molecule has 2 aromatic rings. The minimum atomic E-state index is -0.893. The number of fused-ring (bicyclic) bond motifs is 2. The third-order valence-electron chi connectivity index (χ3n) is 5.85. The lowest BCUT2D eigenvalue weighted by molar-refractivity contribution is -0.160. The smallest absolute Gasteiger partial charge is 0.179 e. The van der Waals surface area contributed by atoms with Crippen molar-refractivity contribution in [2.45, 2.75) is 50.7 Å². The SMILES string of the molecule is CCc1cc(-c2ccc(Cl)c(F)c2Cl)ccc1C1C(=O)[C@@H]2CC[C@@](C)(O2)C1=O. The van der Waals surface area contributed by atoms with Gasteiger partial charge >= 0.3 is 0 Å². The number of hydrogen-bond donors (Lipinski definition) is 0. The third-order valence-corrected chi connectivity index (χ3v) is 6.51. The highest BCUT2D eigenvalue weighted by Gasteiger charge is 2.55. The van der Waals surface area contributed by atoms with Crippen molar-refractivity contribution in [1.82, 2.24) is 0 Å². The normalized spacial score (nSPS) is 26.8. The van der Waals surface area contributed by atoms with Gasteiger partial charge in [-0.1, -0.05) is 54.4 Å². The predicted molar refractivity (Wildman–Crippen MR) is 107 cm³/mol. The number of halogens is 3. The Hall–Kier alpha value is -1.75. The van der Waals surface area contributed by atoms with Gasteiger partial charge < -0.3 is 4.74 Å². The molecule has 2 aliphatic rings. The molecule has 1 unspecified atom stereocenters. The Balaban J connectivity index is 1.80. The number of hydrogen-bond acceptors (Lipinski definition) is 3. The first-order chi connectivity index (χ1) is 13.3. The number of Topliss-reactive ketones (excluding diaryl/α,β-unsaturated/α-hetero) is 2. The van der Waals surface area contributed by atoms with Crippen molar-refractivity contribution in [3.05, 3.63) is 57.3 Å². The fraction of sp³-hybridized carbons (Fsp3) is 0.364. The van der Waals surface area contributed by atoms with Crippen molar-refractivity contribution in [3.8, 4) is 11.1 Å². The summed E-state index contributed by atoms with van der Waals surface area (Å²) in [5, 5.41) is -0.0886. The third kappa shape index (κ3) is 2.90. The lowest BCUT2D eigenvalue weighted by Gasteiger charge is -2.34. The van der Waals surface area contributed by atoms with Crippen LogP contribution in [0.5, 0.6) is 0 Å². The summed E-state index contributed by atoms with van der Waals surface area (Å²) in [6.45, 7) is 3.72. The Morgan fingerprint density at radius 3 is 2.68 bits per heavy atom. The van der Waals surface area contributed by atoms with Crippen molar-refractivity contribution < 1.29 is 18.7 Å². The van der Waals surface area contributed by atoms with Gasteiger partial charge in [-0.3, -0.25) is 9.59 Å². The first-order valence-electron chi connectivity index (χ1n) is 9.29. The number of rotatable bonds is 3. The fourth-order valence-corrected chi connectivity index (χ4v) is 4.72. The minimum Gasteiger partial charge on any atom is -0.356 e. The van der Waals surface area contributed by atoms with Crippen molar-refractivity contribution >= 4 is 34.8 Å². The molecule has 0 amide bonds. The van der Waals surface area contributed by atoms with E-state index in [4.69, 9.17) is 27.9 Å². The maximum Gasteiger partial charge on any atom is 0.179 e. The molecular formula is C22H19Cl2FO3. The average molecular weight is 421 g/mol. The van der Waals surface area contributed by atoms with E-state index in [1.807, 2.05) is 13.0 Å². The number of carbonyl (C=O) groups excluding carboxylic acids is 2. The maximum absolute atomic E-state index is 14.1. The minimum absolute atomic E-state index is 0.0387. The van der Waals surface area contributed by atoms with Crippen LogP contribution in [0, 0.1) is 5.82 Å². The molecule has 0 spiro atoms. The summed E-state index contributed by atoms with van der Waals surface area (Å²) < 4.78 is 19.8. The van der Waals surface area contributed by atoms with E-state index in [0.29, 0.717) is 36.0 Å². The number of ether oxygens (including phenoxy) is 1. The molecule has 28 heavy (non-hydrogen) atoms. The zero-order valence-corrected chi connectivity index (χ0v) is 17.0. The van der Waals surface area contributed by atoms with E-state index in [1.54, 1.807) is 25.1 Å². The average Bonchev–Trinajstić information content (AvgIpc) is 3.06. The summed E-state index contributed by atoms with van der Waals surface area (Å²) >= 11 is 11.9. The van der Waals surface area contributed by atoms with Gasteiger partial charge in [-0.25, -0.2) is 4.39 Å². The van der Waals surface area contributed by atoms with Gasteiger partial charge in [-0.15, -0.1) is 0 Å². The van der Waals surface area contributed by atoms with Crippen LogP contribution in [0.3, 0.4) is 0 Å². The monoisotopic (exact) mass is 420 g/mol. The molecule has 4 rings (SSSR count). The molecule has 3 atom stereocenters. The van der Waals surface area contributed by atoms with Gasteiger partial charge in [-0.05, 0) is 48.9 Å². The van der Waals surface area contributed by atoms with Gasteiger partial charge in [0.05, 0.1) is 10.0 Å². The van der Waals surface area contributed by atoms with Crippen molar-refractivity contribution in [2.24, 2.45) is 0 Å². The molecule has 3 nitrogen and oxygen atoms in total. The summed E-state index contributed by atoms with van der Waals surface area (Å²) in [7, 11) is 0. The van der Waals surface area contributed by atoms with E-state index in [1.165, 1.54) is 6.07 Å². The maximum atomic E-state index is 14.1. The quantitative estimate of drug-likeness (QED) is 0.483. The largest absolute Gasteiger partial charge is 0.356 e. The topological polar surface area (TPSA) is 43.4 Å². The van der Waals surface area contributed by atoms with Crippen LogP contribution in [0.15, 0.2) is 30.3 Å². The first kappa shape index (κ1) is 19.6. The Morgan fingerprint density at radius 2 is 1.96 bits per heavy atom. The zero-order chi connectivity index (χ0) is 20.2. The summed E-state index contributed by atoms with van der Waals surface area (Å²) in [5.74, 6) is -1.82. The highest BCUT2D eigenvalue weighted by molar-refractivity contribution is 6.36. The Morgan fingerprint density at radius 1 is 1.21 bits per heavy atom. The number of aryl methyl sites for hydroxylation is 1. The molecule has 0 aliphatic carbocycles. The van der Waals surface area contributed by atoms with Crippen LogP contribution < -0.4 is 0 Å². The van der Waals surface area contributed by atoms with Crippen LogP contribution in [-0.4, -0.2) is 23.3 Å². The number of ketones is 2. The number of benzene rings is 2. The summed E-state index contributed by atoms with van der Waals surface area (Å²) in [6.07, 6.45) is 1.25. The van der Waals surface area contributed by atoms with Crippen LogP contribution in [-0.2, 0) is 20.7 Å². The second-order valence-electron chi connectivity index (χ2n) is 7.57. The summed E-state index contributed by atoms with van der Waals surface area (Å²) in [4.78, 5) is 25.9.